The Hall–Kier alpha value is -0.340. The molecule has 1 saturated carbocycles. The number of allylic oxidation sites excluding steroid dienone is 2. The molecule has 2 heteroatoms. The topological polar surface area (TPSA) is 29.5 Å². The van der Waals surface area contributed by atoms with Gasteiger partial charge in [0.25, 0.3) is 0 Å². The Balaban J connectivity index is 1.96. The van der Waals surface area contributed by atoms with E-state index in [4.69, 9.17) is 4.74 Å². The second-order valence-electron chi connectivity index (χ2n) is 4.26. The van der Waals surface area contributed by atoms with Crippen molar-refractivity contribution < 1.29 is 9.84 Å². The van der Waals surface area contributed by atoms with Crippen LogP contribution in [0.3, 0.4) is 0 Å². The Kier molecular flexibility index (Phi) is 1.38. The normalized spacial score (nSPS) is 55.9. The average molecular weight is 166 g/mol. The van der Waals surface area contributed by atoms with Crippen molar-refractivity contribution in [2.75, 3.05) is 6.61 Å². The summed E-state index contributed by atoms with van der Waals surface area (Å²) in [6.45, 7) is 0.775. The van der Waals surface area contributed by atoms with Crippen molar-refractivity contribution >= 4 is 0 Å². The smallest absolute Gasteiger partial charge is 0.158 e. The molecule has 12 heavy (non-hydrogen) atoms. The first-order chi connectivity index (χ1) is 5.86. The summed E-state index contributed by atoms with van der Waals surface area (Å²) in [6, 6.07) is 0. The zero-order valence-electron chi connectivity index (χ0n) is 7.02. The van der Waals surface area contributed by atoms with Gasteiger partial charge < -0.3 is 9.84 Å². The van der Waals surface area contributed by atoms with Crippen LogP contribution in [-0.4, -0.2) is 18.0 Å². The molecule has 1 unspecified atom stereocenters. The summed E-state index contributed by atoms with van der Waals surface area (Å²) in [5, 5.41) is 9.59. The summed E-state index contributed by atoms with van der Waals surface area (Å²) in [7, 11) is 0. The Bertz CT molecular complexity index is 224. The molecule has 0 aromatic heterocycles. The number of aliphatic hydroxyl groups is 1. The lowest BCUT2D eigenvalue weighted by Gasteiger charge is -2.40. The summed E-state index contributed by atoms with van der Waals surface area (Å²) in [5.41, 5.74) is 0. The van der Waals surface area contributed by atoms with Gasteiger partial charge in [0.05, 0.1) is 6.61 Å². The first-order valence-corrected chi connectivity index (χ1v) is 4.84. The zero-order valence-corrected chi connectivity index (χ0v) is 7.02. The Morgan fingerprint density at radius 3 is 2.58 bits per heavy atom. The van der Waals surface area contributed by atoms with E-state index in [2.05, 4.69) is 12.2 Å². The van der Waals surface area contributed by atoms with Gasteiger partial charge in [-0.05, 0) is 30.6 Å². The molecule has 66 valence electrons. The third-order valence-electron chi connectivity index (χ3n) is 3.77. The minimum atomic E-state index is -0.479. The van der Waals surface area contributed by atoms with Crippen molar-refractivity contribution in [2.24, 2.45) is 23.7 Å². The fourth-order valence-corrected chi connectivity index (χ4v) is 3.12. The van der Waals surface area contributed by atoms with E-state index in [9.17, 15) is 5.11 Å². The number of fused-ring (bicyclic) bond motifs is 1. The number of rotatable bonds is 0. The highest BCUT2D eigenvalue weighted by Crippen LogP contribution is 2.49. The number of hydrogen-bond donors (Lipinski definition) is 1. The van der Waals surface area contributed by atoms with E-state index in [0.717, 1.165) is 6.61 Å². The molecule has 0 amide bonds. The van der Waals surface area contributed by atoms with Crippen LogP contribution < -0.4 is 0 Å². The first kappa shape index (κ1) is 7.10. The summed E-state index contributed by atoms with van der Waals surface area (Å²) in [6.07, 6.45) is 6.69. The number of ether oxygens (including phenoxy) is 1. The highest BCUT2D eigenvalue weighted by molar-refractivity contribution is 5.11. The Morgan fingerprint density at radius 1 is 1.17 bits per heavy atom. The maximum atomic E-state index is 9.59. The molecular weight excluding hydrogens is 152 g/mol. The molecule has 4 rings (SSSR count). The highest BCUT2D eigenvalue weighted by atomic mass is 16.6. The molecule has 0 aromatic rings. The van der Waals surface area contributed by atoms with Crippen molar-refractivity contribution in [2.45, 2.75) is 19.1 Å². The molecule has 3 aliphatic carbocycles. The molecule has 2 nitrogen and oxygen atoms in total. The maximum Gasteiger partial charge on any atom is 0.158 e. The molecule has 5 atom stereocenters. The second kappa shape index (κ2) is 2.33. The standard InChI is InChI=1S/C10H14O2/c11-10-9-7-3-1-6(2-4-7)8(9)5-12-10/h1,3,6-11H,2,4-5H2/t6-,7+,8+,9-,10?/m1/s1. The van der Waals surface area contributed by atoms with Crippen molar-refractivity contribution in [3.63, 3.8) is 0 Å². The summed E-state index contributed by atoms with van der Waals surface area (Å²) >= 11 is 0. The largest absolute Gasteiger partial charge is 0.368 e. The zero-order chi connectivity index (χ0) is 8.13. The molecule has 2 bridgehead atoms. The Morgan fingerprint density at radius 2 is 1.92 bits per heavy atom. The quantitative estimate of drug-likeness (QED) is 0.547. The van der Waals surface area contributed by atoms with Crippen molar-refractivity contribution in [3.05, 3.63) is 12.2 Å². The van der Waals surface area contributed by atoms with E-state index in [1.54, 1.807) is 0 Å². The van der Waals surface area contributed by atoms with E-state index in [1.807, 2.05) is 0 Å². The van der Waals surface area contributed by atoms with Gasteiger partial charge in [-0.25, -0.2) is 0 Å². The average Bonchev–Trinajstić information content (AvgIpc) is 2.53. The molecule has 0 aromatic carbocycles. The van der Waals surface area contributed by atoms with E-state index in [1.165, 1.54) is 12.8 Å². The summed E-state index contributed by atoms with van der Waals surface area (Å²) in [5.74, 6) is 2.31. The number of hydrogen-bond acceptors (Lipinski definition) is 2. The van der Waals surface area contributed by atoms with Gasteiger partial charge >= 0.3 is 0 Å². The predicted octanol–water partition coefficient (Wildman–Crippen LogP) is 1.16. The van der Waals surface area contributed by atoms with Crippen LogP contribution in [-0.2, 0) is 4.74 Å². The predicted molar refractivity (Wildman–Crippen MR) is 44.3 cm³/mol. The third-order valence-corrected chi connectivity index (χ3v) is 3.77. The summed E-state index contributed by atoms with van der Waals surface area (Å²) < 4.78 is 5.30. The van der Waals surface area contributed by atoms with Crippen LogP contribution in [0.15, 0.2) is 12.2 Å². The molecular formula is C10H14O2. The lowest BCUT2D eigenvalue weighted by Crippen LogP contribution is -2.38. The van der Waals surface area contributed by atoms with Gasteiger partial charge in [-0.2, -0.15) is 0 Å². The first-order valence-electron chi connectivity index (χ1n) is 4.84. The minimum absolute atomic E-state index is 0.411. The highest BCUT2D eigenvalue weighted by Gasteiger charge is 2.48. The van der Waals surface area contributed by atoms with Gasteiger partial charge in [-0.3, -0.25) is 0 Å². The molecule has 1 aliphatic heterocycles. The van der Waals surface area contributed by atoms with Gasteiger partial charge in [0.1, 0.15) is 0 Å². The van der Waals surface area contributed by atoms with Crippen molar-refractivity contribution in [1.82, 2.24) is 0 Å². The van der Waals surface area contributed by atoms with Crippen LogP contribution in [0.25, 0.3) is 0 Å². The van der Waals surface area contributed by atoms with Crippen LogP contribution in [0, 0.1) is 23.7 Å². The van der Waals surface area contributed by atoms with E-state index in [-0.39, 0.29) is 0 Å². The Labute approximate surface area is 72.2 Å². The monoisotopic (exact) mass is 166 g/mol. The lowest BCUT2D eigenvalue weighted by molar-refractivity contribution is -0.0932. The SMILES string of the molecule is OC1OC[C@@H]2[C@H]1[C@H]1C=C[C@@H]2CC1. The van der Waals surface area contributed by atoms with Crippen molar-refractivity contribution in [1.29, 1.82) is 0 Å². The molecule has 4 aliphatic rings. The van der Waals surface area contributed by atoms with Gasteiger partial charge in [-0.15, -0.1) is 0 Å². The fourth-order valence-electron chi connectivity index (χ4n) is 3.12. The van der Waals surface area contributed by atoms with Gasteiger partial charge in [0, 0.05) is 5.92 Å². The van der Waals surface area contributed by atoms with Crippen LogP contribution in [0.5, 0.6) is 0 Å². The van der Waals surface area contributed by atoms with E-state index < -0.39 is 6.29 Å². The van der Waals surface area contributed by atoms with E-state index >= 15 is 0 Å². The van der Waals surface area contributed by atoms with Gasteiger partial charge in [-0.1, -0.05) is 12.2 Å². The van der Waals surface area contributed by atoms with Crippen LogP contribution >= 0.6 is 0 Å². The van der Waals surface area contributed by atoms with Crippen LogP contribution in [0.1, 0.15) is 12.8 Å². The van der Waals surface area contributed by atoms with Crippen LogP contribution in [0.4, 0.5) is 0 Å². The second-order valence-corrected chi connectivity index (χ2v) is 4.26. The fraction of sp³-hybridized carbons (Fsp3) is 0.800. The molecule has 2 fully saturated rings. The minimum Gasteiger partial charge on any atom is -0.368 e. The summed E-state index contributed by atoms with van der Waals surface area (Å²) in [4.78, 5) is 0. The van der Waals surface area contributed by atoms with Gasteiger partial charge in [0.15, 0.2) is 6.29 Å². The molecule has 1 N–H and O–H groups in total. The van der Waals surface area contributed by atoms with Gasteiger partial charge in [0.2, 0.25) is 0 Å². The third kappa shape index (κ3) is 0.771. The van der Waals surface area contributed by atoms with Crippen LogP contribution in [0.2, 0.25) is 0 Å². The van der Waals surface area contributed by atoms with E-state index in [0.29, 0.717) is 23.7 Å². The molecule has 0 radical (unpaired) electrons. The molecule has 1 saturated heterocycles. The number of aliphatic hydroxyl groups excluding tert-OH is 1. The maximum absolute atomic E-state index is 9.59. The molecule has 1 heterocycles. The lowest BCUT2D eigenvalue weighted by atomic mass is 9.63. The van der Waals surface area contributed by atoms with Crippen molar-refractivity contribution in [3.8, 4) is 0 Å². The molecule has 0 spiro atoms.